The Labute approximate surface area is 156 Å². The number of para-hydroxylation sites is 3. The van der Waals surface area contributed by atoms with E-state index in [0.717, 1.165) is 0 Å². The van der Waals surface area contributed by atoms with Gasteiger partial charge in [-0.15, -0.1) is 0 Å². The van der Waals surface area contributed by atoms with Crippen molar-refractivity contribution in [1.82, 2.24) is 0 Å². The highest BCUT2D eigenvalue weighted by Gasteiger charge is 2.32. The lowest BCUT2D eigenvalue weighted by molar-refractivity contribution is -0.136. The quantitative estimate of drug-likeness (QED) is 0.845. The zero-order valence-corrected chi connectivity index (χ0v) is 14.9. The molecule has 1 aliphatic heterocycles. The van der Waals surface area contributed by atoms with Crippen molar-refractivity contribution < 1.29 is 24.2 Å². The molecule has 1 N–H and O–H groups in total. The van der Waals surface area contributed by atoms with Crippen molar-refractivity contribution in [2.24, 2.45) is 0 Å². The number of nitrogens with zero attached hydrogens (tertiary/aromatic N) is 2. The van der Waals surface area contributed by atoms with Gasteiger partial charge in [0.2, 0.25) is 5.91 Å². The Morgan fingerprint density at radius 1 is 1.11 bits per heavy atom. The first-order chi connectivity index (χ1) is 13.0. The Bertz CT molecular complexity index is 852. The zero-order chi connectivity index (χ0) is 19.4. The van der Waals surface area contributed by atoms with Crippen molar-refractivity contribution in [3.05, 3.63) is 54.6 Å². The zero-order valence-electron chi connectivity index (χ0n) is 14.9. The van der Waals surface area contributed by atoms with Crippen LogP contribution in [0.5, 0.6) is 5.75 Å². The van der Waals surface area contributed by atoms with Crippen LogP contribution >= 0.6 is 0 Å². The number of carbonyl (C=O) groups is 3. The number of fused-ring (bicyclic) bond motifs is 1. The van der Waals surface area contributed by atoms with E-state index in [9.17, 15) is 14.4 Å². The number of rotatable bonds is 6. The topological polar surface area (TPSA) is 87.2 Å². The fourth-order valence-corrected chi connectivity index (χ4v) is 3.00. The van der Waals surface area contributed by atoms with Crippen molar-refractivity contribution in [2.45, 2.75) is 19.4 Å². The van der Waals surface area contributed by atoms with Crippen LogP contribution in [-0.4, -0.2) is 42.1 Å². The first-order valence-electron chi connectivity index (χ1n) is 8.61. The molecule has 7 nitrogen and oxygen atoms in total. The Hall–Kier alpha value is -3.35. The van der Waals surface area contributed by atoms with Crippen LogP contribution in [0.15, 0.2) is 54.6 Å². The van der Waals surface area contributed by atoms with Gasteiger partial charge in [-0.1, -0.05) is 30.3 Å². The summed E-state index contributed by atoms with van der Waals surface area (Å²) < 4.78 is 5.59. The average molecular weight is 368 g/mol. The summed E-state index contributed by atoms with van der Waals surface area (Å²) in [7, 11) is 0. The van der Waals surface area contributed by atoms with Crippen LogP contribution in [0.2, 0.25) is 0 Å². The Balaban J connectivity index is 1.77. The summed E-state index contributed by atoms with van der Waals surface area (Å²) in [5, 5.41) is 9.14. The van der Waals surface area contributed by atoms with E-state index in [1.54, 1.807) is 55.5 Å². The van der Waals surface area contributed by atoms with Gasteiger partial charge in [0.05, 0.1) is 5.69 Å². The van der Waals surface area contributed by atoms with E-state index >= 15 is 0 Å². The second kappa shape index (κ2) is 7.90. The molecule has 140 valence electrons. The fraction of sp³-hybridized carbons (Fsp3) is 0.250. The van der Waals surface area contributed by atoms with Crippen molar-refractivity contribution in [1.29, 1.82) is 0 Å². The van der Waals surface area contributed by atoms with Crippen molar-refractivity contribution in [3.63, 3.8) is 0 Å². The molecule has 0 aromatic heterocycles. The molecule has 27 heavy (non-hydrogen) atoms. The Morgan fingerprint density at radius 3 is 2.48 bits per heavy atom. The van der Waals surface area contributed by atoms with E-state index in [4.69, 9.17) is 9.84 Å². The third kappa shape index (κ3) is 4.08. The highest BCUT2D eigenvalue weighted by atomic mass is 16.5. The molecule has 0 aliphatic carbocycles. The molecule has 0 radical (unpaired) electrons. The largest absolute Gasteiger partial charge is 0.480 e. The van der Waals surface area contributed by atoms with Gasteiger partial charge in [0.25, 0.3) is 5.91 Å². The highest BCUT2D eigenvalue weighted by Crippen LogP contribution is 2.33. The third-order valence-electron chi connectivity index (χ3n) is 4.29. The number of amides is 2. The number of carbonyl (C=O) groups excluding carboxylic acids is 2. The van der Waals surface area contributed by atoms with Crippen LogP contribution in [0.25, 0.3) is 0 Å². The van der Waals surface area contributed by atoms with Crippen LogP contribution in [0.3, 0.4) is 0 Å². The lowest BCUT2D eigenvalue weighted by Gasteiger charge is -2.33. The number of carboxylic acids is 1. The summed E-state index contributed by atoms with van der Waals surface area (Å²) in [6, 6.07) is 15.8. The molecule has 2 amide bonds. The van der Waals surface area contributed by atoms with Crippen LogP contribution in [0.4, 0.5) is 11.4 Å². The molecule has 2 aromatic carbocycles. The minimum atomic E-state index is -1.10. The summed E-state index contributed by atoms with van der Waals surface area (Å²) in [4.78, 5) is 39.1. The molecular formula is C20H20N2O5. The molecule has 0 spiro atoms. The summed E-state index contributed by atoms with van der Waals surface area (Å²) in [5.74, 6) is -1.12. The smallest absolute Gasteiger partial charge is 0.323 e. The molecule has 1 aliphatic rings. The van der Waals surface area contributed by atoms with Gasteiger partial charge >= 0.3 is 5.97 Å². The van der Waals surface area contributed by atoms with Gasteiger partial charge in [-0.25, -0.2) is 0 Å². The van der Waals surface area contributed by atoms with Gasteiger partial charge in [0, 0.05) is 18.7 Å². The van der Waals surface area contributed by atoms with Crippen LogP contribution < -0.4 is 14.5 Å². The predicted octanol–water partition coefficient (Wildman–Crippen LogP) is 2.31. The third-order valence-corrected chi connectivity index (χ3v) is 4.29. The van der Waals surface area contributed by atoms with Crippen molar-refractivity contribution >= 4 is 29.2 Å². The maximum absolute atomic E-state index is 12.7. The molecule has 1 heterocycles. The molecule has 1 unspecified atom stereocenters. The molecule has 0 saturated heterocycles. The Kier molecular flexibility index (Phi) is 5.40. The first kappa shape index (κ1) is 18.4. The normalized spacial score (nSPS) is 15.7. The summed E-state index contributed by atoms with van der Waals surface area (Å²) in [5.41, 5.74) is 1.12. The SMILES string of the molecule is CC1Oc2ccccc2N(CCC(=O)N(CC(=O)O)c2ccccc2)C1=O. The molecular weight excluding hydrogens is 348 g/mol. The standard InChI is InChI=1S/C20H20N2O5/c1-14-20(26)21(16-9-5-6-10-17(16)27-14)12-11-18(23)22(13-19(24)25)15-7-3-2-4-8-15/h2-10,14H,11-13H2,1H3,(H,24,25). The maximum Gasteiger partial charge on any atom is 0.323 e. The maximum atomic E-state index is 12.7. The van der Waals surface area contributed by atoms with E-state index in [-0.39, 0.29) is 24.8 Å². The van der Waals surface area contributed by atoms with Gasteiger partial charge < -0.3 is 19.6 Å². The van der Waals surface area contributed by atoms with Crippen molar-refractivity contribution in [2.75, 3.05) is 22.9 Å². The predicted molar refractivity (Wildman–Crippen MR) is 99.9 cm³/mol. The summed E-state index contributed by atoms with van der Waals surface area (Å²) >= 11 is 0. The Morgan fingerprint density at radius 2 is 1.78 bits per heavy atom. The van der Waals surface area contributed by atoms with E-state index in [1.807, 2.05) is 6.07 Å². The molecule has 0 bridgehead atoms. The van der Waals surface area contributed by atoms with Crippen LogP contribution in [0, 0.1) is 0 Å². The van der Waals surface area contributed by atoms with Gasteiger partial charge in [-0.05, 0) is 31.2 Å². The summed E-state index contributed by atoms with van der Waals surface area (Å²) in [6.45, 7) is 1.37. The summed E-state index contributed by atoms with van der Waals surface area (Å²) in [6.07, 6.45) is -0.645. The van der Waals surface area contributed by atoms with Crippen LogP contribution in [-0.2, 0) is 14.4 Å². The number of aliphatic carboxylic acids is 1. The number of hydrogen-bond acceptors (Lipinski definition) is 4. The first-order valence-corrected chi connectivity index (χ1v) is 8.61. The lowest BCUT2D eigenvalue weighted by atomic mass is 10.1. The number of carboxylic acid groups (broad SMARTS) is 1. The van der Waals surface area contributed by atoms with Gasteiger partial charge in [0.15, 0.2) is 6.10 Å². The number of hydrogen-bond donors (Lipinski definition) is 1. The fourth-order valence-electron chi connectivity index (χ4n) is 3.00. The second-order valence-electron chi connectivity index (χ2n) is 6.18. The number of anilines is 2. The van der Waals surface area contributed by atoms with Gasteiger partial charge in [-0.3, -0.25) is 14.4 Å². The molecule has 3 rings (SSSR count). The molecule has 7 heteroatoms. The monoisotopic (exact) mass is 368 g/mol. The molecule has 2 aromatic rings. The lowest BCUT2D eigenvalue weighted by Crippen LogP contribution is -2.46. The number of ether oxygens (including phenoxy) is 1. The van der Waals surface area contributed by atoms with Crippen molar-refractivity contribution in [3.8, 4) is 5.75 Å². The van der Waals surface area contributed by atoms with Gasteiger partial charge in [0.1, 0.15) is 12.3 Å². The van der Waals surface area contributed by atoms with Crippen LogP contribution in [0.1, 0.15) is 13.3 Å². The molecule has 1 atom stereocenters. The second-order valence-corrected chi connectivity index (χ2v) is 6.18. The average Bonchev–Trinajstić information content (AvgIpc) is 2.67. The molecule has 0 saturated carbocycles. The van der Waals surface area contributed by atoms with E-state index in [2.05, 4.69) is 0 Å². The van der Waals surface area contributed by atoms with E-state index in [1.165, 1.54) is 9.80 Å². The minimum absolute atomic E-state index is 0.00499. The molecule has 0 fully saturated rings. The van der Waals surface area contributed by atoms with E-state index < -0.39 is 18.6 Å². The minimum Gasteiger partial charge on any atom is -0.480 e. The van der Waals surface area contributed by atoms with E-state index in [0.29, 0.717) is 17.1 Å². The van der Waals surface area contributed by atoms with Gasteiger partial charge in [-0.2, -0.15) is 0 Å². The number of benzene rings is 2. The highest BCUT2D eigenvalue weighted by molar-refractivity contribution is 6.02.